The molecule has 2 aliphatic rings. The van der Waals surface area contributed by atoms with Crippen LogP contribution in [-0.2, 0) is 27.5 Å². The summed E-state index contributed by atoms with van der Waals surface area (Å²) in [4.78, 5) is 48.1. The maximum absolute atomic E-state index is 13.1. The van der Waals surface area contributed by atoms with E-state index >= 15 is 0 Å². The molecule has 0 radical (unpaired) electrons. The maximum atomic E-state index is 13.1. The van der Waals surface area contributed by atoms with Crippen molar-refractivity contribution in [3.63, 3.8) is 0 Å². The Morgan fingerprint density at radius 3 is 2.72 bits per heavy atom. The molecule has 0 unspecified atom stereocenters. The van der Waals surface area contributed by atoms with Crippen molar-refractivity contribution in [2.75, 3.05) is 37.5 Å². The molecular weight excluding hydrogens is 514 g/mol. The number of benzene rings is 1. The lowest BCUT2D eigenvalue weighted by atomic mass is 10.0. The highest BCUT2D eigenvalue weighted by molar-refractivity contribution is 7.14. The number of hydrogen-bond donors (Lipinski definition) is 1. The van der Waals surface area contributed by atoms with E-state index in [1.165, 1.54) is 24.2 Å². The molecule has 9 nitrogen and oxygen atoms in total. The first-order valence-corrected chi connectivity index (χ1v) is 14.7. The van der Waals surface area contributed by atoms with Gasteiger partial charge in [0.1, 0.15) is 0 Å². The minimum absolute atomic E-state index is 0.119. The van der Waals surface area contributed by atoms with Crippen molar-refractivity contribution in [3.8, 4) is 0 Å². The van der Waals surface area contributed by atoms with Crippen LogP contribution in [0.25, 0.3) is 11.0 Å². The summed E-state index contributed by atoms with van der Waals surface area (Å²) in [6, 6.07) is 9.52. The van der Waals surface area contributed by atoms with Gasteiger partial charge in [0, 0.05) is 57.2 Å². The molecule has 1 N–H and O–H groups in total. The number of likely N-dealkylation sites (tertiary alicyclic amines) is 1. The molecule has 208 valence electrons. The van der Waals surface area contributed by atoms with Crippen molar-refractivity contribution in [1.29, 1.82) is 0 Å². The Hall–Kier alpha value is -3.24. The van der Waals surface area contributed by atoms with Gasteiger partial charge in [-0.05, 0) is 61.9 Å². The predicted molar refractivity (Wildman–Crippen MR) is 153 cm³/mol. The highest BCUT2D eigenvalue weighted by Gasteiger charge is 2.23. The van der Waals surface area contributed by atoms with Crippen LogP contribution in [0.2, 0.25) is 0 Å². The van der Waals surface area contributed by atoms with Crippen molar-refractivity contribution in [3.05, 3.63) is 40.1 Å². The Labute approximate surface area is 233 Å². The molecule has 0 atom stereocenters. The van der Waals surface area contributed by atoms with Gasteiger partial charge in [0.2, 0.25) is 17.8 Å². The lowest BCUT2D eigenvalue weighted by molar-refractivity contribution is -0.127. The number of fused-ring (bicyclic) bond motifs is 1. The Morgan fingerprint density at radius 2 is 1.97 bits per heavy atom. The van der Waals surface area contributed by atoms with E-state index in [4.69, 9.17) is 9.72 Å². The van der Waals surface area contributed by atoms with Crippen molar-refractivity contribution < 1.29 is 19.1 Å². The number of nitrogens with one attached hydrogen (secondary N) is 1. The summed E-state index contributed by atoms with van der Waals surface area (Å²) in [5.74, 6) is 1.04. The molecule has 1 saturated heterocycles. The Balaban J connectivity index is 1.37. The normalized spacial score (nSPS) is 15.9. The summed E-state index contributed by atoms with van der Waals surface area (Å²) in [6.07, 6.45) is 7.55. The number of nitrogens with zero attached hydrogens (tertiary/aromatic N) is 4. The van der Waals surface area contributed by atoms with Crippen molar-refractivity contribution in [1.82, 2.24) is 14.5 Å². The topological polar surface area (TPSA) is 96.8 Å². The lowest BCUT2D eigenvalue weighted by Crippen LogP contribution is -2.27. The molecule has 3 heterocycles. The highest BCUT2D eigenvalue weighted by Crippen LogP contribution is 2.30. The lowest BCUT2D eigenvalue weighted by Gasteiger charge is -2.19. The Bertz CT molecular complexity index is 1340. The van der Waals surface area contributed by atoms with E-state index in [0.717, 1.165) is 48.3 Å². The molecule has 10 heteroatoms. The van der Waals surface area contributed by atoms with E-state index in [1.54, 1.807) is 18.1 Å². The number of amides is 3. The number of ether oxygens (including phenoxy) is 1. The van der Waals surface area contributed by atoms with E-state index in [2.05, 4.69) is 5.32 Å². The van der Waals surface area contributed by atoms with Gasteiger partial charge in [0.25, 0.3) is 5.91 Å². The molecule has 2 fully saturated rings. The molecule has 1 saturated carbocycles. The summed E-state index contributed by atoms with van der Waals surface area (Å²) < 4.78 is 7.18. The molecule has 2 aromatic heterocycles. The Kier molecular flexibility index (Phi) is 8.62. The minimum Gasteiger partial charge on any atom is -0.379 e. The minimum atomic E-state index is -0.224. The van der Waals surface area contributed by atoms with Crippen LogP contribution in [0.5, 0.6) is 0 Å². The summed E-state index contributed by atoms with van der Waals surface area (Å²) in [5, 5.41) is 3.00. The average molecular weight is 552 g/mol. The zero-order valence-corrected chi connectivity index (χ0v) is 23.6. The number of hydrogen-bond acceptors (Lipinski definition) is 6. The van der Waals surface area contributed by atoms with Crippen molar-refractivity contribution in [2.45, 2.75) is 64.5 Å². The quantitative estimate of drug-likeness (QED) is 0.360. The number of aryl methyl sites for hydroxylation is 1. The zero-order valence-electron chi connectivity index (χ0n) is 22.8. The molecule has 0 spiro atoms. The Morgan fingerprint density at radius 1 is 1.15 bits per heavy atom. The fourth-order valence-electron chi connectivity index (χ4n) is 5.63. The van der Waals surface area contributed by atoms with E-state index in [1.807, 2.05) is 40.8 Å². The molecule has 3 amide bonds. The van der Waals surface area contributed by atoms with Crippen LogP contribution < -0.4 is 10.2 Å². The first-order valence-electron chi connectivity index (χ1n) is 13.9. The van der Waals surface area contributed by atoms with Gasteiger partial charge in [0.15, 0.2) is 0 Å². The second-order valence-corrected chi connectivity index (χ2v) is 11.7. The molecule has 5 rings (SSSR count). The van der Waals surface area contributed by atoms with Crippen LogP contribution in [0.3, 0.4) is 0 Å². The van der Waals surface area contributed by atoms with Crippen LogP contribution in [0.4, 0.5) is 11.6 Å². The number of carbonyl (C=O) groups excluding carboxylic acids is 3. The third-order valence-corrected chi connectivity index (χ3v) is 8.87. The van der Waals surface area contributed by atoms with Crippen LogP contribution in [0, 0.1) is 5.92 Å². The third kappa shape index (κ3) is 6.33. The summed E-state index contributed by atoms with van der Waals surface area (Å²) in [7, 11) is 3.45. The van der Waals surface area contributed by atoms with E-state index in [0.29, 0.717) is 54.8 Å². The summed E-state index contributed by atoms with van der Waals surface area (Å²) in [6.45, 7) is 2.54. The fraction of sp³-hybridized carbons (Fsp3) is 0.517. The summed E-state index contributed by atoms with van der Waals surface area (Å²) >= 11 is 1.39. The smallest absolute Gasteiger partial charge is 0.268 e. The average Bonchev–Trinajstić information content (AvgIpc) is 3.73. The van der Waals surface area contributed by atoms with Crippen LogP contribution >= 0.6 is 11.3 Å². The zero-order chi connectivity index (χ0) is 27.4. The van der Waals surface area contributed by atoms with Gasteiger partial charge in [0.05, 0.1) is 22.5 Å². The van der Waals surface area contributed by atoms with Crippen LogP contribution in [0.15, 0.2) is 30.3 Å². The van der Waals surface area contributed by atoms with Crippen LogP contribution in [0.1, 0.15) is 65.9 Å². The van der Waals surface area contributed by atoms with Crippen LogP contribution in [-0.4, -0.2) is 59.4 Å². The van der Waals surface area contributed by atoms with E-state index in [-0.39, 0.29) is 17.7 Å². The largest absolute Gasteiger partial charge is 0.379 e. The van der Waals surface area contributed by atoms with Gasteiger partial charge < -0.3 is 19.1 Å². The van der Waals surface area contributed by atoms with E-state index in [9.17, 15) is 14.4 Å². The second-order valence-electron chi connectivity index (χ2n) is 10.6. The number of anilines is 2. The van der Waals surface area contributed by atoms with E-state index < -0.39 is 0 Å². The molecule has 0 bridgehead atoms. The second kappa shape index (κ2) is 12.3. The number of thiophene rings is 1. The number of carbonyl (C=O) groups is 3. The van der Waals surface area contributed by atoms with Crippen molar-refractivity contribution >= 4 is 51.7 Å². The van der Waals surface area contributed by atoms with Crippen molar-refractivity contribution in [2.24, 2.45) is 5.92 Å². The maximum Gasteiger partial charge on any atom is 0.268 e. The fourth-order valence-corrected chi connectivity index (χ4v) is 6.51. The standard InChI is InChI=1S/C29H37N5O4S/c1-32(27(36)17-20-7-3-4-8-20)21-10-12-24-23(18-21)30-29(31-28(37)25-13-11-22(39-25)19-38-2)34(24)16-6-15-33-14-5-9-26(33)35/h10-13,18,20H,3-9,14-17,19H2,1-2H3,(H,30,31,37). The highest BCUT2D eigenvalue weighted by atomic mass is 32.1. The monoisotopic (exact) mass is 551 g/mol. The predicted octanol–water partition coefficient (Wildman–Crippen LogP) is 5.05. The van der Waals surface area contributed by atoms with Gasteiger partial charge in [-0.25, -0.2) is 4.98 Å². The van der Waals surface area contributed by atoms with Gasteiger partial charge in [-0.2, -0.15) is 0 Å². The molecule has 3 aromatic rings. The van der Waals surface area contributed by atoms with Gasteiger partial charge in [-0.15, -0.1) is 11.3 Å². The number of aromatic nitrogens is 2. The van der Waals surface area contributed by atoms with Gasteiger partial charge in [-0.1, -0.05) is 12.8 Å². The number of methoxy groups -OCH3 is 1. The molecule has 1 aliphatic heterocycles. The first kappa shape index (κ1) is 27.3. The third-order valence-electron chi connectivity index (χ3n) is 7.81. The molecular formula is C29H37N5O4S. The van der Waals surface area contributed by atoms with Gasteiger partial charge >= 0.3 is 0 Å². The number of rotatable bonds is 11. The molecule has 39 heavy (non-hydrogen) atoms. The summed E-state index contributed by atoms with van der Waals surface area (Å²) in [5.41, 5.74) is 2.38. The molecule has 1 aromatic carbocycles. The SMILES string of the molecule is COCc1ccc(C(=O)Nc2nc3cc(N(C)C(=O)CC4CCCC4)ccc3n2CCCN2CCCC2=O)s1. The first-order chi connectivity index (χ1) is 18.9. The van der Waals surface area contributed by atoms with Gasteiger partial charge in [-0.3, -0.25) is 19.7 Å². The number of imidazole rings is 1. The molecule has 1 aliphatic carbocycles.